The molecule has 0 saturated carbocycles. The molecule has 3 nitrogen and oxygen atoms in total. The van der Waals surface area contributed by atoms with Crippen LogP contribution in [0, 0.1) is 55.9 Å². The van der Waals surface area contributed by atoms with Crippen molar-refractivity contribution in [1.82, 2.24) is 5.32 Å². The molecule has 3 rings (SSSR count). The number of aryl methyl sites for hydroxylation is 6. The van der Waals surface area contributed by atoms with Crippen molar-refractivity contribution < 1.29 is 26.2 Å². The van der Waals surface area contributed by atoms with Gasteiger partial charge in [-0.05, 0) is 54.6 Å². The van der Waals surface area contributed by atoms with Crippen LogP contribution in [0.3, 0.4) is 0 Å². The maximum absolute atomic E-state index is 4.75. The predicted octanol–water partition coefficient (Wildman–Crippen LogP) is 8.15. The molecule has 0 heterocycles. The average molecular weight is 535 g/mol. The second-order valence-corrected chi connectivity index (χ2v) is 8.49. The molecule has 184 valence electrons. The maximum atomic E-state index is 4.75. The first kappa shape index (κ1) is 32.0. The molecule has 0 fully saturated rings. The van der Waals surface area contributed by atoms with E-state index in [1.165, 1.54) is 33.4 Å². The molecule has 0 amide bonds. The van der Waals surface area contributed by atoms with Crippen LogP contribution in [0.1, 0.15) is 38.9 Å². The first-order valence-corrected chi connectivity index (χ1v) is 11.4. The zero-order valence-corrected chi connectivity index (χ0v) is 24.6. The van der Waals surface area contributed by atoms with Crippen LogP contribution in [0.4, 0.5) is 11.4 Å². The summed E-state index contributed by atoms with van der Waals surface area (Å²) in [5.74, 6) is 0. The minimum absolute atomic E-state index is 0. The summed E-state index contributed by atoms with van der Waals surface area (Å²) in [5, 5.41) is 12.9. The van der Waals surface area contributed by atoms with E-state index in [1.807, 2.05) is 30.3 Å². The topological polar surface area (TPSA) is 40.2 Å². The van der Waals surface area contributed by atoms with Crippen LogP contribution in [0.15, 0.2) is 54.6 Å². The van der Waals surface area contributed by atoms with Gasteiger partial charge >= 0.3 is 0 Å². The third kappa shape index (κ3) is 10.9. The van der Waals surface area contributed by atoms with Crippen molar-refractivity contribution in [3.63, 3.8) is 0 Å². The van der Waals surface area contributed by atoms with Crippen LogP contribution in [0.2, 0.25) is 0 Å². The van der Waals surface area contributed by atoms with E-state index < -0.39 is 0 Å². The summed E-state index contributed by atoms with van der Waals surface area (Å²) in [4.78, 5) is 0. The molecule has 1 N–H and O–H groups in total. The molecule has 0 aliphatic carbocycles. The number of rotatable bonds is 8. The number of nitrogens with one attached hydrogen (secondary N) is 1. The molecule has 34 heavy (non-hydrogen) atoms. The van der Waals surface area contributed by atoms with Crippen molar-refractivity contribution in [2.45, 2.75) is 41.5 Å². The van der Waals surface area contributed by atoms with Crippen LogP contribution in [-0.2, 0) is 26.2 Å². The molecule has 0 unspecified atom stereocenters. The van der Waals surface area contributed by atoms with Gasteiger partial charge in [0.05, 0.1) is 0 Å². The second-order valence-electron chi connectivity index (χ2n) is 8.49. The van der Waals surface area contributed by atoms with Crippen molar-refractivity contribution in [3.05, 3.63) is 119 Å². The molecule has 0 saturated heterocycles. The molecule has 0 spiro atoms. The van der Waals surface area contributed by atoms with Gasteiger partial charge in [0.25, 0.3) is 0 Å². The fourth-order valence-electron chi connectivity index (χ4n) is 3.94. The summed E-state index contributed by atoms with van der Waals surface area (Å²) in [5.41, 5.74) is 11.0. The minimum atomic E-state index is 0. The van der Waals surface area contributed by atoms with Gasteiger partial charge in [-0.2, -0.15) is 24.6 Å². The van der Waals surface area contributed by atoms with Crippen LogP contribution in [0.25, 0.3) is 10.6 Å². The molecular formula is C30H41N3Zr-4. The molecule has 3 aromatic rings. The largest absolute Gasteiger partial charge is 0.683 e. The van der Waals surface area contributed by atoms with Crippen molar-refractivity contribution in [1.29, 1.82) is 0 Å². The van der Waals surface area contributed by atoms with E-state index in [9.17, 15) is 0 Å². The third-order valence-electron chi connectivity index (χ3n) is 5.23. The van der Waals surface area contributed by atoms with Gasteiger partial charge in [-0.15, -0.1) is 36.6 Å². The van der Waals surface area contributed by atoms with Gasteiger partial charge in [0.1, 0.15) is 0 Å². The van der Waals surface area contributed by atoms with Crippen LogP contribution < -0.4 is 5.32 Å². The fraction of sp³-hybridized carbons (Fsp3) is 0.333. The van der Waals surface area contributed by atoms with Gasteiger partial charge in [-0.3, -0.25) is 0 Å². The molecule has 0 aliphatic rings. The monoisotopic (exact) mass is 533 g/mol. The predicted molar refractivity (Wildman–Crippen MR) is 147 cm³/mol. The minimum Gasteiger partial charge on any atom is -0.683 e. The Hall–Kier alpha value is -2.03. The molecule has 0 atom stereocenters. The number of hydrogen-bond donors (Lipinski definition) is 1. The van der Waals surface area contributed by atoms with E-state index in [-0.39, 0.29) is 33.6 Å². The summed E-state index contributed by atoms with van der Waals surface area (Å²) in [6.45, 7) is 19.9. The Morgan fingerprint density at radius 3 is 1.29 bits per heavy atom. The summed E-state index contributed by atoms with van der Waals surface area (Å²) < 4.78 is 0. The standard InChI is InChI=1S/C22H31N3.C7H7.CH3.Zr/c1-15-11-17(3)21(18(4)12-15)24-9-7-23-8-10-25-22-19(5)13-16(2)14-20(22)6;1-7-5-3-2-4-6-7;;/h11-14,23H,7-10H2,1-6H3;2-6H,1H2;1H3;/q-2;2*-1;. The van der Waals surface area contributed by atoms with Gasteiger partial charge in [0, 0.05) is 26.2 Å². The molecule has 3 aromatic carbocycles. The van der Waals surface area contributed by atoms with E-state index in [0.717, 1.165) is 43.1 Å². The van der Waals surface area contributed by atoms with E-state index >= 15 is 0 Å². The molecule has 0 bridgehead atoms. The Morgan fingerprint density at radius 1 is 0.647 bits per heavy atom. The Morgan fingerprint density at radius 2 is 1.00 bits per heavy atom. The Balaban J connectivity index is 0.00000104. The first-order chi connectivity index (χ1) is 15.3. The maximum Gasteiger partial charge on any atom is 0 e. The SMILES string of the molecule is Cc1cc(C)c([N-]CCNCC[N-]c2c(C)cc(C)cc2C)c(C)c1.[CH2-]c1ccccc1.[CH3-].[Zr]. The normalized spacial score (nSPS) is 9.71. The van der Waals surface area contributed by atoms with Crippen molar-refractivity contribution >= 4 is 11.4 Å². The third-order valence-corrected chi connectivity index (χ3v) is 5.23. The van der Waals surface area contributed by atoms with Gasteiger partial charge in [0.15, 0.2) is 0 Å². The van der Waals surface area contributed by atoms with Crippen molar-refractivity contribution in [2.75, 3.05) is 26.2 Å². The smallest absolute Gasteiger partial charge is 0 e. The van der Waals surface area contributed by atoms with Crippen molar-refractivity contribution in [2.24, 2.45) is 0 Å². The quantitative estimate of drug-likeness (QED) is 0.230. The van der Waals surface area contributed by atoms with Crippen molar-refractivity contribution in [3.8, 4) is 0 Å². The zero-order chi connectivity index (χ0) is 23.5. The first-order valence-electron chi connectivity index (χ1n) is 11.4. The van der Waals surface area contributed by atoms with E-state index in [0.29, 0.717) is 0 Å². The number of nitrogens with zero attached hydrogens (tertiary/aromatic N) is 2. The zero-order valence-electron chi connectivity index (χ0n) is 22.1. The second kappa shape index (κ2) is 16.6. The fourth-order valence-corrected chi connectivity index (χ4v) is 3.94. The molecule has 0 aliphatic heterocycles. The summed E-state index contributed by atoms with van der Waals surface area (Å²) in [6, 6.07) is 18.7. The van der Waals surface area contributed by atoms with Crippen LogP contribution in [0.5, 0.6) is 0 Å². The summed E-state index contributed by atoms with van der Waals surface area (Å²) in [7, 11) is 0. The molecule has 4 heteroatoms. The van der Waals surface area contributed by atoms with E-state index in [4.69, 9.17) is 10.6 Å². The molecule has 0 radical (unpaired) electrons. The Bertz CT molecular complexity index is 876. The van der Waals surface area contributed by atoms with Crippen LogP contribution >= 0.6 is 0 Å². The van der Waals surface area contributed by atoms with E-state index in [1.54, 1.807) is 0 Å². The Kier molecular flexibility index (Phi) is 15.6. The van der Waals surface area contributed by atoms with Gasteiger partial charge in [-0.25, -0.2) is 0 Å². The Labute approximate surface area is 228 Å². The van der Waals surface area contributed by atoms with Gasteiger partial charge in [-0.1, -0.05) is 63.7 Å². The number of hydrogen-bond acceptors (Lipinski definition) is 1. The molecule has 0 aromatic heterocycles. The average Bonchev–Trinajstić information content (AvgIpc) is 2.71. The number of benzene rings is 3. The van der Waals surface area contributed by atoms with Crippen LogP contribution in [-0.4, -0.2) is 26.2 Å². The van der Waals surface area contributed by atoms with E-state index in [2.05, 4.69) is 78.0 Å². The summed E-state index contributed by atoms with van der Waals surface area (Å²) >= 11 is 0. The van der Waals surface area contributed by atoms with Gasteiger partial charge < -0.3 is 23.4 Å². The van der Waals surface area contributed by atoms with Gasteiger partial charge in [0.2, 0.25) is 0 Å². The summed E-state index contributed by atoms with van der Waals surface area (Å²) in [6.07, 6.45) is 0. The molecular weight excluding hydrogens is 494 g/mol.